The van der Waals surface area contributed by atoms with E-state index in [0.717, 1.165) is 52.1 Å². The second-order valence-corrected chi connectivity index (χ2v) is 7.65. The summed E-state index contributed by atoms with van der Waals surface area (Å²) in [6.45, 7) is 6.81. The minimum Gasteiger partial charge on any atom is -0.494 e. The molecule has 1 fully saturated rings. The standard InChI is InChI=1S/C23H23BO2S/c1-3-26-19-13-11-17(12-14-19)15-22-16(2)20(23(25)27-22)9-6-8-18-7-4-5-10-21(18)24/h4-5,7,10-15,20H,2-3,6,8-9H2,1H3/b22-15+/t20-/m0/s1. The number of aryl methyl sites for hydroxylation is 1. The Kier molecular flexibility index (Phi) is 6.62. The molecule has 0 aliphatic carbocycles. The first-order valence-corrected chi connectivity index (χ1v) is 10.1. The van der Waals surface area contributed by atoms with Crippen molar-refractivity contribution in [2.75, 3.05) is 6.61 Å². The van der Waals surface area contributed by atoms with E-state index in [1.165, 1.54) is 11.8 Å². The zero-order chi connectivity index (χ0) is 19.2. The number of hydrogen-bond donors (Lipinski definition) is 0. The summed E-state index contributed by atoms with van der Waals surface area (Å²) in [5.74, 6) is 0.751. The third-order valence-electron chi connectivity index (χ3n) is 4.72. The zero-order valence-electron chi connectivity index (χ0n) is 15.6. The lowest BCUT2D eigenvalue weighted by Crippen LogP contribution is -2.11. The van der Waals surface area contributed by atoms with Gasteiger partial charge in [0.25, 0.3) is 0 Å². The van der Waals surface area contributed by atoms with Gasteiger partial charge in [0, 0.05) is 4.91 Å². The Morgan fingerprint density at radius 1 is 1.19 bits per heavy atom. The Labute approximate surface area is 167 Å². The van der Waals surface area contributed by atoms with E-state index in [-0.39, 0.29) is 11.0 Å². The van der Waals surface area contributed by atoms with Crippen molar-refractivity contribution in [1.82, 2.24) is 0 Å². The molecule has 3 rings (SSSR count). The highest BCUT2D eigenvalue weighted by Gasteiger charge is 2.32. The molecule has 0 N–H and O–H groups in total. The molecule has 0 aromatic heterocycles. The van der Waals surface area contributed by atoms with E-state index in [2.05, 4.69) is 6.58 Å². The summed E-state index contributed by atoms with van der Waals surface area (Å²) in [6.07, 6.45) is 4.64. The monoisotopic (exact) mass is 374 g/mol. The van der Waals surface area contributed by atoms with Crippen LogP contribution in [-0.4, -0.2) is 19.6 Å². The molecule has 27 heavy (non-hydrogen) atoms. The van der Waals surface area contributed by atoms with Gasteiger partial charge in [0.2, 0.25) is 5.12 Å². The molecule has 2 nitrogen and oxygen atoms in total. The predicted octanol–water partition coefficient (Wildman–Crippen LogP) is 4.69. The number of ether oxygens (including phenoxy) is 1. The van der Waals surface area contributed by atoms with Crippen LogP contribution in [0.25, 0.3) is 6.08 Å². The molecule has 0 unspecified atom stereocenters. The number of rotatable bonds is 7. The van der Waals surface area contributed by atoms with Crippen LogP contribution in [0, 0.1) is 5.92 Å². The molecule has 136 valence electrons. The Morgan fingerprint density at radius 3 is 2.63 bits per heavy atom. The molecule has 0 amide bonds. The first kappa shape index (κ1) is 19.6. The van der Waals surface area contributed by atoms with Crippen LogP contribution in [0.15, 0.2) is 65.6 Å². The lowest BCUT2D eigenvalue weighted by atomic mass is 9.87. The summed E-state index contributed by atoms with van der Waals surface area (Å²) in [4.78, 5) is 13.4. The van der Waals surface area contributed by atoms with Gasteiger partial charge in [-0.2, -0.15) is 0 Å². The lowest BCUT2D eigenvalue weighted by Gasteiger charge is -2.10. The average molecular weight is 374 g/mol. The number of hydrogen-bond acceptors (Lipinski definition) is 3. The van der Waals surface area contributed by atoms with Gasteiger partial charge in [-0.05, 0) is 55.5 Å². The minimum atomic E-state index is -0.103. The van der Waals surface area contributed by atoms with Crippen LogP contribution < -0.4 is 10.2 Å². The molecule has 2 aromatic rings. The van der Waals surface area contributed by atoms with Gasteiger partial charge in [0.1, 0.15) is 13.6 Å². The number of carbonyl (C=O) groups is 1. The Hall–Kier alpha value is -2.20. The minimum absolute atomic E-state index is 0.103. The molecule has 1 aliphatic rings. The molecular weight excluding hydrogens is 351 g/mol. The number of allylic oxidation sites excluding steroid dienone is 1. The van der Waals surface area contributed by atoms with Crippen LogP contribution in [0.1, 0.15) is 30.9 Å². The summed E-state index contributed by atoms with van der Waals surface area (Å²) in [5.41, 5.74) is 3.94. The molecule has 0 spiro atoms. The van der Waals surface area contributed by atoms with Crippen molar-refractivity contribution in [2.45, 2.75) is 26.2 Å². The fourth-order valence-corrected chi connectivity index (χ4v) is 4.30. The predicted molar refractivity (Wildman–Crippen MR) is 116 cm³/mol. The van der Waals surface area contributed by atoms with Gasteiger partial charge < -0.3 is 4.74 Å². The lowest BCUT2D eigenvalue weighted by molar-refractivity contribution is -0.113. The van der Waals surface area contributed by atoms with E-state index in [4.69, 9.17) is 12.6 Å². The second-order valence-electron chi connectivity index (χ2n) is 6.60. The van der Waals surface area contributed by atoms with Crippen molar-refractivity contribution in [3.05, 3.63) is 76.7 Å². The van der Waals surface area contributed by atoms with Crippen LogP contribution in [0.2, 0.25) is 0 Å². The summed E-state index contributed by atoms with van der Waals surface area (Å²) in [6, 6.07) is 15.8. The van der Waals surface area contributed by atoms with E-state index in [1.807, 2.05) is 61.5 Å². The average Bonchev–Trinajstić information content (AvgIpc) is 2.92. The number of thioether (sulfide) groups is 1. The fraction of sp³-hybridized carbons (Fsp3) is 0.261. The third kappa shape index (κ3) is 4.95. The molecule has 0 bridgehead atoms. The molecule has 1 heterocycles. The smallest absolute Gasteiger partial charge is 0.201 e. The fourth-order valence-electron chi connectivity index (χ4n) is 3.21. The van der Waals surface area contributed by atoms with E-state index < -0.39 is 0 Å². The van der Waals surface area contributed by atoms with Gasteiger partial charge in [0.15, 0.2) is 0 Å². The zero-order valence-corrected chi connectivity index (χ0v) is 16.4. The highest BCUT2D eigenvalue weighted by molar-refractivity contribution is 8.17. The second kappa shape index (κ2) is 9.14. The maximum absolute atomic E-state index is 12.5. The molecular formula is C23H23BO2S. The van der Waals surface area contributed by atoms with Crippen LogP contribution in [0.4, 0.5) is 0 Å². The van der Waals surface area contributed by atoms with Crippen LogP contribution in [0.5, 0.6) is 5.75 Å². The van der Waals surface area contributed by atoms with Crippen LogP contribution in [0.3, 0.4) is 0 Å². The third-order valence-corrected chi connectivity index (χ3v) is 5.80. The van der Waals surface area contributed by atoms with Crippen molar-refractivity contribution in [3.63, 3.8) is 0 Å². The summed E-state index contributed by atoms with van der Waals surface area (Å²) < 4.78 is 5.47. The summed E-state index contributed by atoms with van der Waals surface area (Å²) in [7, 11) is 6.00. The molecule has 1 saturated heterocycles. The molecule has 0 saturated carbocycles. The Balaban J connectivity index is 1.61. The summed E-state index contributed by atoms with van der Waals surface area (Å²) in [5, 5.41) is 0.193. The van der Waals surface area contributed by atoms with Crippen molar-refractivity contribution in [3.8, 4) is 5.75 Å². The van der Waals surface area contributed by atoms with Gasteiger partial charge in [-0.1, -0.05) is 65.8 Å². The highest BCUT2D eigenvalue weighted by Crippen LogP contribution is 2.43. The van der Waals surface area contributed by atoms with E-state index in [9.17, 15) is 4.79 Å². The first-order chi connectivity index (χ1) is 13.1. The maximum atomic E-state index is 12.5. The van der Waals surface area contributed by atoms with Gasteiger partial charge in [0.05, 0.1) is 12.5 Å². The topological polar surface area (TPSA) is 26.3 Å². The summed E-state index contributed by atoms with van der Waals surface area (Å²) >= 11 is 1.31. The van der Waals surface area contributed by atoms with Gasteiger partial charge in [-0.15, -0.1) is 0 Å². The number of benzene rings is 2. The molecule has 1 aliphatic heterocycles. The quantitative estimate of drug-likeness (QED) is 0.658. The molecule has 1 atom stereocenters. The van der Waals surface area contributed by atoms with Gasteiger partial charge >= 0.3 is 0 Å². The Morgan fingerprint density at radius 2 is 1.93 bits per heavy atom. The maximum Gasteiger partial charge on any atom is 0.201 e. The van der Waals surface area contributed by atoms with Crippen molar-refractivity contribution < 1.29 is 9.53 Å². The Bertz CT molecular complexity index is 855. The molecule has 4 heteroatoms. The molecule has 2 aromatic carbocycles. The normalized spacial score (nSPS) is 18.3. The van der Waals surface area contributed by atoms with Crippen molar-refractivity contribution in [2.24, 2.45) is 5.92 Å². The van der Waals surface area contributed by atoms with E-state index >= 15 is 0 Å². The largest absolute Gasteiger partial charge is 0.494 e. The van der Waals surface area contributed by atoms with Crippen LogP contribution in [-0.2, 0) is 11.2 Å². The SMILES string of the molecule is [B]c1ccccc1CCC[C@H]1C(=C)/C(=C\c2ccc(OCC)cc2)SC1=O. The van der Waals surface area contributed by atoms with Crippen LogP contribution >= 0.6 is 11.8 Å². The number of carbonyl (C=O) groups excluding carboxylic acids is 1. The van der Waals surface area contributed by atoms with Crippen molar-refractivity contribution >= 4 is 36.3 Å². The van der Waals surface area contributed by atoms with Crippen molar-refractivity contribution in [1.29, 1.82) is 0 Å². The first-order valence-electron chi connectivity index (χ1n) is 9.27. The van der Waals surface area contributed by atoms with Gasteiger partial charge in [-0.25, -0.2) is 0 Å². The highest BCUT2D eigenvalue weighted by atomic mass is 32.2. The molecule has 2 radical (unpaired) electrons. The van der Waals surface area contributed by atoms with Gasteiger partial charge in [-0.3, -0.25) is 4.79 Å². The van der Waals surface area contributed by atoms with E-state index in [1.54, 1.807) is 0 Å². The van der Waals surface area contributed by atoms with E-state index in [0.29, 0.717) is 6.61 Å².